The summed E-state index contributed by atoms with van der Waals surface area (Å²) >= 11 is 0. The minimum atomic E-state index is -0.889. The fourth-order valence-corrected chi connectivity index (χ4v) is 9.26. The van der Waals surface area contributed by atoms with Crippen LogP contribution in [-0.2, 0) is 16.9 Å². The van der Waals surface area contributed by atoms with Crippen molar-refractivity contribution in [1.29, 1.82) is 0 Å². The third-order valence-electron chi connectivity index (χ3n) is 11.9. The number of amides is 2. The number of hydrogen-bond donors (Lipinski definition) is 2. The molecule has 9 heteroatoms. The van der Waals surface area contributed by atoms with Crippen LogP contribution >= 0.6 is 0 Å². The lowest BCUT2D eigenvalue weighted by atomic mass is 9.77. The molecule has 2 fully saturated rings. The van der Waals surface area contributed by atoms with Crippen molar-refractivity contribution in [2.45, 2.75) is 56.8 Å². The third-order valence-corrected chi connectivity index (χ3v) is 11.9. The smallest absolute Gasteiger partial charge is 0.269 e. The fourth-order valence-electron chi connectivity index (χ4n) is 9.26. The van der Waals surface area contributed by atoms with Crippen LogP contribution in [0.5, 0.6) is 0 Å². The maximum Gasteiger partial charge on any atom is 0.269 e. The summed E-state index contributed by atoms with van der Waals surface area (Å²) < 4.78 is 16.7. The monoisotopic (exact) mass is 754 g/mol. The average Bonchev–Trinajstić information content (AvgIpc) is 3.75. The van der Waals surface area contributed by atoms with E-state index in [-0.39, 0.29) is 23.7 Å². The SMILES string of the molecule is Cc1cc(-c2nn(C(c3ccccc3)(c3ccccc3)c3ccccc3)c3ccc(C(=O)NNC(=O)C4CCC5CCC4N5Cc4ccccc4F)cc23)ccn1. The predicted octanol–water partition coefficient (Wildman–Crippen LogP) is 8.59. The topological polar surface area (TPSA) is 92.2 Å². The van der Waals surface area contributed by atoms with E-state index in [2.05, 4.69) is 61.8 Å². The Balaban J connectivity index is 1.08. The zero-order valence-corrected chi connectivity index (χ0v) is 31.7. The second kappa shape index (κ2) is 15.2. The van der Waals surface area contributed by atoms with Gasteiger partial charge >= 0.3 is 0 Å². The van der Waals surface area contributed by atoms with Gasteiger partial charge in [-0.25, -0.2) is 9.07 Å². The van der Waals surface area contributed by atoms with Crippen molar-refractivity contribution in [3.05, 3.63) is 191 Å². The minimum Gasteiger partial charge on any atom is -0.292 e. The lowest BCUT2D eigenvalue weighted by Gasteiger charge is -2.39. The summed E-state index contributed by atoms with van der Waals surface area (Å²) in [5, 5.41) is 6.24. The highest BCUT2D eigenvalue weighted by molar-refractivity contribution is 6.02. The summed E-state index contributed by atoms with van der Waals surface area (Å²) in [5.74, 6) is -1.21. The lowest BCUT2D eigenvalue weighted by molar-refractivity contribution is -0.129. The Morgan fingerprint density at radius 2 is 1.37 bits per heavy atom. The molecule has 3 unspecified atom stereocenters. The van der Waals surface area contributed by atoms with Crippen LogP contribution in [0.15, 0.2) is 152 Å². The van der Waals surface area contributed by atoms with Gasteiger partial charge in [0.25, 0.3) is 5.91 Å². The number of nitrogens with zero attached hydrogens (tertiary/aromatic N) is 4. The molecule has 5 aromatic carbocycles. The summed E-state index contributed by atoms with van der Waals surface area (Å²) in [6.07, 6.45) is 5.18. The first-order valence-electron chi connectivity index (χ1n) is 19.6. The number of hydrogen-bond acceptors (Lipinski definition) is 5. The molecule has 0 radical (unpaired) electrons. The molecule has 57 heavy (non-hydrogen) atoms. The molecule has 0 saturated carbocycles. The first-order chi connectivity index (χ1) is 27.9. The number of hydrazine groups is 1. The quantitative estimate of drug-likeness (QED) is 0.114. The highest BCUT2D eigenvalue weighted by Crippen LogP contribution is 2.44. The number of aromatic nitrogens is 3. The molecule has 3 atom stereocenters. The summed E-state index contributed by atoms with van der Waals surface area (Å²) in [5.41, 5.74) is 11.9. The standard InChI is InChI=1S/C48H43FN6O2/c1-32-29-33(27-28-50-32)45-41-30-34(46(56)51-52-47(57)40-24-22-39-23-26-43(40)54(39)31-35-13-11-12-20-42(35)49)21-25-44(41)55(53-45)48(36-14-5-2-6-15-36,37-16-7-3-8-17-37)38-18-9-4-10-19-38/h2-21,25,27-30,39-40,43H,22-24,26,31H2,1H3,(H,51,56)(H,52,57). The second-order valence-electron chi connectivity index (χ2n) is 15.2. The molecule has 0 aliphatic carbocycles. The first kappa shape index (κ1) is 36.2. The van der Waals surface area contributed by atoms with E-state index in [0.717, 1.165) is 64.5 Å². The van der Waals surface area contributed by atoms with E-state index in [1.807, 2.05) is 97.9 Å². The van der Waals surface area contributed by atoms with E-state index in [9.17, 15) is 14.0 Å². The molecule has 2 aliphatic rings. The molecule has 284 valence electrons. The maximum absolute atomic E-state index is 14.6. The number of carbonyl (C=O) groups excluding carboxylic acids is 2. The molecule has 2 N–H and O–H groups in total. The van der Waals surface area contributed by atoms with Gasteiger partial charge in [0.1, 0.15) is 17.1 Å². The zero-order valence-electron chi connectivity index (χ0n) is 31.7. The van der Waals surface area contributed by atoms with Gasteiger partial charge in [-0.15, -0.1) is 0 Å². The van der Waals surface area contributed by atoms with Crippen LogP contribution in [0.1, 0.15) is 64.0 Å². The molecule has 4 heterocycles. The second-order valence-corrected chi connectivity index (χ2v) is 15.2. The highest BCUT2D eigenvalue weighted by atomic mass is 19.1. The molecule has 2 amide bonds. The van der Waals surface area contributed by atoms with Gasteiger partial charge in [0.05, 0.1) is 11.4 Å². The molecule has 8 nitrogen and oxygen atoms in total. The van der Waals surface area contributed by atoms with Gasteiger partial charge in [0, 0.05) is 52.6 Å². The van der Waals surface area contributed by atoms with Gasteiger partial charge in [-0.05, 0) is 85.7 Å². The molecule has 2 aromatic heterocycles. The van der Waals surface area contributed by atoms with E-state index < -0.39 is 11.4 Å². The average molecular weight is 755 g/mol. The predicted molar refractivity (Wildman–Crippen MR) is 219 cm³/mol. The lowest BCUT2D eigenvalue weighted by Crippen LogP contribution is -2.53. The van der Waals surface area contributed by atoms with E-state index in [1.54, 1.807) is 18.3 Å². The van der Waals surface area contributed by atoms with Crippen LogP contribution in [0.2, 0.25) is 0 Å². The molecule has 2 bridgehead atoms. The van der Waals surface area contributed by atoms with E-state index in [1.165, 1.54) is 6.07 Å². The van der Waals surface area contributed by atoms with Crippen molar-refractivity contribution >= 4 is 22.7 Å². The number of rotatable bonds is 9. The normalized spacial score (nSPS) is 18.0. The van der Waals surface area contributed by atoms with Crippen molar-refractivity contribution in [2.24, 2.45) is 5.92 Å². The van der Waals surface area contributed by atoms with Crippen LogP contribution in [0.3, 0.4) is 0 Å². The fraction of sp³-hybridized carbons (Fsp3) is 0.208. The van der Waals surface area contributed by atoms with Crippen LogP contribution in [0.25, 0.3) is 22.2 Å². The van der Waals surface area contributed by atoms with E-state index >= 15 is 0 Å². The summed E-state index contributed by atoms with van der Waals surface area (Å²) in [6.45, 7) is 2.41. The van der Waals surface area contributed by atoms with Crippen molar-refractivity contribution in [1.82, 2.24) is 30.5 Å². The largest absolute Gasteiger partial charge is 0.292 e. The summed E-state index contributed by atoms with van der Waals surface area (Å²) in [4.78, 5) is 34.4. The van der Waals surface area contributed by atoms with Crippen LogP contribution < -0.4 is 10.9 Å². The molecule has 7 aromatic rings. The molecular weight excluding hydrogens is 712 g/mol. The molecule has 2 aliphatic heterocycles. The Hall–Kier alpha value is -6.45. The van der Waals surface area contributed by atoms with E-state index in [4.69, 9.17) is 5.10 Å². The molecular formula is C48H43FN6O2. The van der Waals surface area contributed by atoms with Crippen LogP contribution in [0, 0.1) is 18.7 Å². The number of carbonyl (C=O) groups is 2. The number of fused-ring (bicyclic) bond motifs is 3. The Morgan fingerprint density at radius 3 is 2.02 bits per heavy atom. The van der Waals surface area contributed by atoms with Gasteiger partial charge in [0.2, 0.25) is 5.91 Å². The highest BCUT2D eigenvalue weighted by Gasteiger charge is 2.45. The van der Waals surface area contributed by atoms with Crippen molar-refractivity contribution < 1.29 is 14.0 Å². The first-order valence-corrected chi connectivity index (χ1v) is 19.6. The Morgan fingerprint density at radius 1 is 0.737 bits per heavy atom. The summed E-state index contributed by atoms with van der Waals surface area (Å²) in [6, 6.07) is 47.8. The zero-order chi connectivity index (χ0) is 38.9. The Bertz CT molecular complexity index is 2460. The Kier molecular flexibility index (Phi) is 9.68. The molecule has 9 rings (SSSR count). The number of pyridine rings is 1. The Labute approximate surface area is 331 Å². The number of benzene rings is 5. The van der Waals surface area contributed by atoms with E-state index in [0.29, 0.717) is 29.4 Å². The number of piperidine rings is 1. The van der Waals surface area contributed by atoms with Gasteiger partial charge in [-0.2, -0.15) is 5.10 Å². The minimum absolute atomic E-state index is 0.0204. The van der Waals surface area contributed by atoms with Crippen molar-refractivity contribution in [3.63, 3.8) is 0 Å². The maximum atomic E-state index is 14.6. The molecule has 2 saturated heterocycles. The van der Waals surface area contributed by atoms with Crippen LogP contribution in [0.4, 0.5) is 4.39 Å². The van der Waals surface area contributed by atoms with Gasteiger partial charge in [-0.1, -0.05) is 109 Å². The number of aryl methyl sites for hydroxylation is 1. The van der Waals surface area contributed by atoms with Gasteiger partial charge in [0.15, 0.2) is 0 Å². The number of halogens is 1. The van der Waals surface area contributed by atoms with Gasteiger partial charge in [-0.3, -0.25) is 30.3 Å². The molecule has 0 spiro atoms. The van der Waals surface area contributed by atoms with Crippen molar-refractivity contribution in [3.8, 4) is 11.3 Å². The van der Waals surface area contributed by atoms with Gasteiger partial charge < -0.3 is 0 Å². The van der Waals surface area contributed by atoms with Crippen LogP contribution in [-0.4, -0.2) is 43.6 Å². The third kappa shape index (κ3) is 6.57. The summed E-state index contributed by atoms with van der Waals surface area (Å²) in [7, 11) is 0. The number of nitrogens with one attached hydrogen (secondary N) is 2. The van der Waals surface area contributed by atoms with Crippen molar-refractivity contribution in [2.75, 3.05) is 0 Å².